The van der Waals surface area contributed by atoms with Gasteiger partial charge in [0.05, 0.1) is 12.9 Å². The molecule has 0 spiro atoms. The second-order valence-corrected chi connectivity index (χ2v) is 4.17. The topological polar surface area (TPSA) is 18.5 Å². The van der Waals surface area contributed by atoms with Crippen molar-refractivity contribution >= 4 is 0 Å². The van der Waals surface area contributed by atoms with Crippen LogP contribution in [0.15, 0.2) is 11.8 Å². The Morgan fingerprint density at radius 2 is 2.27 bits per heavy atom. The highest BCUT2D eigenvalue weighted by atomic mass is 16.7. The SMILES string of the molecule is CCCC/C(=C\OC1CCCCO1)CC. The summed E-state index contributed by atoms with van der Waals surface area (Å²) in [6.07, 6.45) is 10.2. The Bertz CT molecular complexity index is 181. The van der Waals surface area contributed by atoms with Gasteiger partial charge in [-0.3, -0.25) is 0 Å². The Balaban J connectivity index is 2.25. The highest BCUT2D eigenvalue weighted by Crippen LogP contribution is 2.17. The molecule has 0 bridgehead atoms. The average molecular weight is 212 g/mol. The fraction of sp³-hybridized carbons (Fsp3) is 0.846. The fourth-order valence-electron chi connectivity index (χ4n) is 1.71. The molecule has 2 nitrogen and oxygen atoms in total. The normalized spacial score (nSPS) is 22.8. The van der Waals surface area contributed by atoms with Gasteiger partial charge >= 0.3 is 0 Å². The van der Waals surface area contributed by atoms with Gasteiger partial charge in [-0.25, -0.2) is 0 Å². The Hall–Kier alpha value is -0.500. The molecule has 1 aliphatic heterocycles. The molecule has 1 atom stereocenters. The molecule has 1 unspecified atom stereocenters. The average Bonchev–Trinajstić information content (AvgIpc) is 2.31. The predicted molar refractivity (Wildman–Crippen MR) is 62.6 cm³/mol. The van der Waals surface area contributed by atoms with Crippen LogP contribution in [0.2, 0.25) is 0 Å². The van der Waals surface area contributed by atoms with Crippen LogP contribution in [0.3, 0.4) is 0 Å². The summed E-state index contributed by atoms with van der Waals surface area (Å²) in [4.78, 5) is 0. The van der Waals surface area contributed by atoms with Crippen LogP contribution < -0.4 is 0 Å². The van der Waals surface area contributed by atoms with Crippen LogP contribution in [0.5, 0.6) is 0 Å². The minimum Gasteiger partial charge on any atom is -0.473 e. The van der Waals surface area contributed by atoms with Crippen LogP contribution in [0.25, 0.3) is 0 Å². The lowest BCUT2D eigenvalue weighted by Crippen LogP contribution is -2.20. The number of unbranched alkanes of at least 4 members (excludes halogenated alkanes) is 1. The molecule has 1 rings (SSSR count). The van der Waals surface area contributed by atoms with Crippen LogP contribution in [0.1, 0.15) is 58.8 Å². The second kappa shape index (κ2) is 7.75. The molecule has 0 aromatic carbocycles. The minimum absolute atomic E-state index is 0.0157. The van der Waals surface area contributed by atoms with E-state index in [0.29, 0.717) is 0 Å². The van der Waals surface area contributed by atoms with Crippen molar-refractivity contribution in [1.29, 1.82) is 0 Å². The van der Waals surface area contributed by atoms with Crippen LogP contribution in [0.4, 0.5) is 0 Å². The van der Waals surface area contributed by atoms with E-state index in [1.54, 1.807) is 0 Å². The Kier molecular flexibility index (Phi) is 6.49. The molecular weight excluding hydrogens is 188 g/mol. The van der Waals surface area contributed by atoms with Crippen LogP contribution in [-0.2, 0) is 9.47 Å². The van der Waals surface area contributed by atoms with Gasteiger partial charge in [0.2, 0.25) is 0 Å². The smallest absolute Gasteiger partial charge is 0.198 e. The van der Waals surface area contributed by atoms with Crippen molar-refractivity contribution in [2.75, 3.05) is 6.61 Å². The van der Waals surface area contributed by atoms with Gasteiger partial charge in [0, 0.05) is 6.42 Å². The van der Waals surface area contributed by atoms with Gasteiger partial charge in [-0.1, -0.05) is 20.3 Å². The van der Waals surface area contributed by atoms with Gasteiger partial charge in [-0.05, 0) is 37.7 Å². The van der Waals surface area contributed by atoms with Crippen molar-refractivity contribution in [3.05, 3.63) is 11.8 Å². The standard InChI is InChI=1S/C13H24O2/c1-3-5-8-12(4-2)11-15-13-9-6-7-10-14-13/h11,13H,3-10H2,1-2H3/b12-11-. The molecule has 1 heterocycles. The van der Waals surface area contributed by atoms with Crippen LogP contribution in [0, 0.1) is 0 Å². The van der Waals surface area contributed by atoms with Crippen molar-refractivity contribution in [2.24, 2.45) is 0 Å². The van der Waals surface area contributed by atoms with Crippen LogP contribution in [-0.4, -0.2) is 12.9 Å². The number of rotatable bonds is 6. The van der Waals surface area contributed by atoms with Crippen molar-refractivity contribution in [3.63, 3.8) is 0 Å². The summed E-state index contributed by atoms with van der Waals surface area (Å²) in [5.41, 5.74) is 1.41. The summed E-state index contributed by atoms with van der Waals surface area (Å²) in [6, 6.07) is 0. The highest BCUT2D eigenvalue weighted by molar-refractivity contribution is 4.96. The predicted octanol–water partition coefficient (Wildman–Crippen LogP) is 4.01. The quantitative estimate of drug-likeness (QED) is 0.619. The summed E-state index contributed by atoms with van der Waals surface area (Å²) in [7, 11) is 0. The fourth-order valence-corrected chi connectivity index (χ4v) is 1.71. The first-order chi connectivity index (χ1) is 7.36. The van der Waals surface area contributed by atoms with Crippen molar-refractivity contribution < 1.29 is 9.47 Å². The van der Waals surface area contributed by atoms with E-state index in [-0.39, 0.29) is 6.29 Å². The molecule has 0 aliphatic carbocycles. The summed E-state index contributed by atoms with van der Waals surface area (Å²) in [5, 5.41) is 0. The second-order valence-electron chi connectivity index (χ2n) is 4.17. The van der Waals surface area contributed by atoms with Crippen LogP contribution >= 0.6 is 0 Å². The molecule has 0 amide bonds. The first-order valence-electron chi connectivity index (χ1n) is 6.31. The zero-order chi connectivity index (χ0) is 10.9. The number of hydrogen-bond acceptors (Lipinski definition) is 2. The van der Waals surface area contributed by atoms with E-state index in [4.69, 9.17) is 9.47 Å². The van der Waals surface area contributed by atoms with E-state index in [1.165, 1.54) is 37.7 Å². The van der Waals surface area contributed by atoms with Crippen molar-refractivity contribution in [2.45, 2.75) is 65.1 Å². The van der Waals surface area contributed by atoms with E-state index in [9.17, 15) is 0 Å². The van der Waals surface area contributed by atoms with Gasteiger partial charge in [0.25, 0.3) is 0 Å². The van der Waals surface area contributed by atoms with E-state index < -0.39 is 0 Å². The molecule has 1 aliphatic rings. The molecule has 2 heteroatoms. The van der Waals surface area contributed by atoms with E-state index in [2.05, 4.69) is 13.8 Å². The summed E-state index contributed by atoms with van der Waals surface area (Å²) < 4.78 is 11.2. The first kappa shape index (κ1) is 12.6. The maximum Gasteiger partial charge on any atom is 0.198 e. The Labute approximate surface area is 93.7 Å². The van der Waals surface area contributed by atoms with Gasteiger partial charge in [-0.2, -0.15) is 0 Å². The third-order valence-electron chi connectivity index (χ3n) is 2.83. The molecule has 15 heavy (non-hydrogen) atoms. The molecule has 0 aromatic heterocycles. The third kappa shape index (κ3) is 5.22. The van der Waals surface area contributed by atoms with Crippen molar-refractivity contribution in [3.8, 4) is 0 Å². The zero-order valence-electron chi connectivity index (χ0n) is 10.1. The molecule has 88 valence electrons. The third-order valence-corrected chi connectivity index (χ3v) is 2.83. The largest absolute Gasteiger partial charge is 0.473 e. The summed E-state index contributed by atoms with van der Waals surface area (Å²) >= 11 is 0. The highest BCUT2D eigenvalue weighted by Gasteiger charge is 2.13. The summed E-state index contributed by atoms with van der Waals surface area (Å²) in [5.74, 6) is 0. The molecule has 0 saturated carbocycles. The lowest BCUT2D eigenvalue weighted by Gasteiger charge is -2.22. The molecule has 0 N–H and O–H groups in total. The minimum atomic E-state index is 0.0157. The zero-order valence-corrected chi connectivity index (χ0v) is 10.1. The van der Waals surface area contributed by atoms with E-state index in [0.717, 1.165) is 19.4 Å². The maximum atomic E-state index is 5.65. The van der Waals surface area contributed by atoms with E-state index >= 15 is 0 Å². The monoisotopic (exact) mass is 212 g/mol. The molecule has 0 aromatic rings. The van der Waals surface area contributed by atoms with E-state index in [1.807, 2.05) is 6.26 Å². The molecule has 0 radical (unpaired) electrons. The number of ether oxygens (including phenoxy) is 2. The number of allylic oxidation sites excluding steroid dienone is 1. The lowest BCUT2D eigenvalue weighted by molar-refractivity contribution is -0.130. The molecule has 1 saturated heterocycles. The van der Waals surface area contributed by atoms with Gasteiger partial charge < -0.3 is 9.47 Å². The molecule has 1 fully saturated rings. The van der Waals surface area contributed by atoms with Gasteiger partial charge in [-0.15, -0.1) is 0 Å². The number of hydrogen-bond donors (Lipinski definition) is 0. The van der Waals surface area contributed by atoms with Gasteiger partial charge in [0.15, 0.2) is 6.29 Å². The lowest BCUT2D eigenvalue weighted by atomic mass is 10.1. The van der Waals surface area contributed by atoms with Crippen molar-refractivity contribution in [1.82, 2.24) is 0 Å². The van der Waals surface area contributed by atoms with Gasteiger partial charge in [0.1, 0.15) is 0 Å². The summed E-state index contributed by atoms with van der Waals surface area (Å²) in [6.45, 7) is 5.26. The maximum absolute atomic E-state index is 5.65. The molecular formula is C13H24O2. The first-order valence-corrected chi connectivity index (χ1v) is 6.31. The Morgan fingerprint density at radius 3 is 2.87 bits per heavy atom. The Morgan fingerprint density at radius 1 is 1.40 bits per heavy atom.